The Labute approximate surface area is 116 Å². The number of aryl methyl sites for hydroxylation is 1. The molecule has 0 saturated carbocycles. The average molecular weight is 259 g/mol. The fourth-order valence-corrected chi connectivity index (χ4v) is 2.30. The van der Waals surface area contributed by atoms with Crippen molar-refractivity contribution in [2.75, 3.05) is 13.1 Å². The number of benzene rings is 1. The lowest BCUT2D eigenvalue weighted by Crippen LogP contribution is -2.23. The van der Waals surface area contributed by atoms with Gasteiger partial charge in [-0.25, -0.2) is 4.99 Å². The van der Waals surface area contributed by atoms with Crippen LogP contribution in [0, 0.1) is 0 Å². The molecule has 104 valence electrons. The summed E-state index contributed by atoms with van der Waals surface area (Å²) in [6, 6.07) is 8.62. The van der Waals surface area contributed by atoms with Gasteiger partial charge in [-0.15, -0.1) is 0 Å². The van der Waals surface area contributed by atoms with Crippen molar-refractivity contribution < 1.29 is 0 Å². The molecule has 0 aliphatic carbocycles. The molecule has 3 heteroatoms. The summed E-state index contributed by atoms with van der Waals surface area (Å²) in [5.74, 6) is 0.896. The first kappa shape index (κ1) is 13.9. The third kappa shape index (κ3) is 4.93. The van der Waals surface area contributed by atoms with Gasteiger partial charge in [-0.3, -0.25) is 0 Å². The lowest BCUT2D eigenvalue weighted by Gasteiger charge is -2.03. The summed E-state index contributed by atoms with van der Waals surface area (Å²) in [7, 11) is 0. The summed E-state index contributed by atoms with van der Waals surface area (Å²) in [5.41, 5.74) is 2.44. The van der Waals surface area contributed by atoms with E-state index in [9.17, 15) is 0 Å². The number of nitrogens with zero attached hydrogens (tertiary/aromatic N) is 1. The van der Waals surface area contributed by atoms with E-state index >= 15 is 0 Å². The zero-order chi connectivity index (χ0) is 13.3. The number of hydrogen-bond acceptors (Lipinski definition) is 1. The molecule has 0 unspecified atom stereocenters. The first-order chi connectivity index (χ1) is 9.38. The monoisotopic (exact) mass is 259 g/mol. The van der Waals surface area contributed by atoms with E-state index in [2.05, 4.69) is 46.8 Å². The molecule has 0 amide bonds. The van der Waals surface area contributed by atoms with Crippen molar-refractivity contribution in [2.45, 2.75) is 45.4 Å². The van der Waals surface area contributed by atoms with Gasteiger partial charge in [0.15, 0.2) is 5.96 Å². The van der Waals surface area contributed by atoms with Gasteiger partial charge in [0.1, 0.15) is 0 Å². The lowest BCUT2D eigenvalue weighted by molar-refractivity contribution is 0.632. The Bertz CT molecular complexity index is 387. The molecule has 1 aliphatic rings. The Hall–Kier alpha value is -1.51. The van der Waals surface area contributed by atoms with Crippen LogP contribution >= 0.6 is 0 Å². The highest BCUT2D eigenvalue weighted by molar-refractivity contribution is 5.84. The summed E-state index contributed by atoms with van der Waals surface area (Å²) in [6.07, 6.45) is 7.91. The highest BCUT2D eigenvalue weighted by Crippen LogP contribution is 2.15. The van der Waals surface area contributed by atoms with Gasteiger partial charge < -0.3 is 10.6 Å². The van der Waals surface area contributed by atoms with Crippen LogP contribution in [0.1, 0.15) is 44.6 Å². The minimum Gasteiger partial charge on any atom is -0.354 e. The fraction of sp³-hybridized carbons (Fsp3) is 0.562. The van der Waals surface area contributed by atoms with Crippen molar-refractivity contribution in [1.82, 2.24) is 10.6 Å². The van der Waals surface area contributed by atoms with Crippen LogP contribution < -0.4 is 10.6 Å². The van der Waals surface area contributed by atoms with Gasteiger partial charge in [-0.1, -0.05) is 44.7 Å². The minimum atomic E-state index is 0.896. The first-order valence-corrected chi connectivity index (χ1v) is 7.54. The van der Waals surface area contributed by atoms with Crippen LogP contribution in [0.5, 0.6) is 0 Å². The molecule has 0 atom stereocenters. The minimum absolute atomic E-state index is 0.896. The zero-order valence-corrected chi connectivity index (χ0v) is 11.9. The van der Waals surface area contributed by atoms with Gasteiger partial charge in [0.05, 0.1) is 5.69 Å². The second kappa shape index (κ2) is 7.82. The van der Waals surface area contributed by atoms with Crippen molar-refractivity contribution in [3.63, 3.8) is 0 Å². The summed E-state index contributed by atoms with van der Waals surface area (Å²) < 4.78 is 0. The van der Waals surface area contributed by atoms with Crippen LogP contribution in [0.4, 0.5) is 5.69 Å². The third-order valence-electron chi connectivity index (χ3n) is 3.46. The van der Waals surface area contributed by atoms with E-state index in [0.717, 1.165) is 24.7 Å². The van der Waals surface area contributed by atoms with E-state index in [1.54, 1.807) is 0 Å². The number of nitrogens with one attached hydrogen (secondary N) is 2. The van der Waals surface area contributed by atoms with Gasteiger partial charge in [-0.05, 0) is 30.5 Å². The van der Waals surface area contributed by atoms with Crippen molar-refractivity contribution >= 4 is 11.6 Å². The molecule has 0 radical (unpaired) electrons. The Morgan fingerprint density at radius 3 is 2.32 bits per heavy atom. The Balaban J connectivity index is 1.76. The molecular weight excluding hydrogens is 234 g/mol. The zero-order valence-electron chi connectivity index (χ0n) is 11.9. The topological polar surface area (TPSA) is 36.4 Å². The summed E-state index contributed by atoms with van der Waals surface area (Å²) >= 11 is 0. The molecule has 1 fully saturated rings. The normalized spacial score (nSPS) is 14.1. The van der Waals surface area contributed by atoms with Crippen LogP contribution in [0.15, 0.2) is 29.3 Å². The first-order valence-electron chi connectivity index (χ1n) is 7.54. The quantitative estimate of drug-likeness (QED) is 0.736. The standard InChI is InChI=1S/C16H25N3/c1-2-3-4-5-6-7-14-8-10-15(11-9-14)19-16-17-12-13-18-16/h8-11H,2-7,12-13H2,1H3,(H2,17,18,19). The number of aliphatic imine (C=N–C) groups is 1. The van der Waals surface area contributed by atoms with E-state index in [4.69, 9.17) is 0 Å². The maximum Gasteiger partial charge on any atom is 0.196 e. The SMILES string of the molecule is CCCCCCCc1ccc(N=C2NCCN2)cc1. The average Bonchev–Trinajstić information content (AvgIpc) is 2.93. The smallest absolute Gasteiger partial charge is 0.196 e. The van der Waals surface area contributed by atoms with Crippen LogP contribution in [-0.4, -0.2) is 19.0 Å². The number of unbranched alkanes of at least 4 members (excludes halogenated alkanes) is 4. The maximum absolute atomic E-state index is 4.51. The molecular formula is C16H25N3. The molecule has 1 aromatic rings. The van der Waals surface area contributed by atoms with Crippen molar-refractivity contribution in [1.29, 1.82) is 0 Å². The van der Waals surface area contributed by atoms with Gasteiger partial charge in [-0.2, -0.15) is 0 Å². The molecule has 2 N–H and O–H groups in total. The number of rotatable bonds is 7. The summed E-state index contributed by atoms with van der Waals surface area (Å²) in [4.78, 5) is 4.51. The van der Waals surface area contributed by atoms with Gasteiger partial charge in [0, 0.05) is 13.1 Å². The molecule has 19 heavy (non-hydrogen) atoms. The Morgan fingerprint density at radius 1 is 0.947 bits per heavy atom. The van der Waals surface area contributed by atoms with Gasteiger partial charge in [0.25, 0.3) is 0 Å². The molecule has 0 spiro atoms. The highest BCUT2D eigenvalue weighted by Gasteiger charge is 2.04. The maximum atomic E-state index is 4.51. The largest absolute Gasteiger partial charge is 0.354 e. The van der Waals surface area contributed by atoms with E-state index in [-0.39, 0.29) is 0 Å². The van der Waals surface area contributed by atoms with Crippen LogP contribution in [0.25, 0.3) is 0 Å². The molecule has 1 aliphatic heterocycles. The predicted octanol–water partition coefficient (Wildman–Crippen LogP) is 3.38. The van der Waals surface area contributed by atoms with Gasteiger partial charge in [0.2, 0.25) is 0 Å². The van der Waals surface area contributed by atoms with Crippen molar-refractivity contribution in [3.05, 3.63) is 29.8 Å². The summed E-state index contributed by atoms with van der Waals surface area (Å²) in [6.45, 7) is 4.19. The molecule has 0 bridgehead atoms. The molecule has 1 heterocycles. The van der Waals surface area contributed by atoms with Crippen molar-refractivity contribution in [3.8, 4) is 0 Å². The summed E-state index contributed by atoms with van der Waals surface area (Å²) in [5, 5.41) is 6.42. The van der Waals surface area contributed by atoms with Crippen LogP contribution in [0.2, 0.25) is 0 Å². The Kier molecular flexibility index (Phi) is 5.73. The molecule has 3 nitrogen and oxygen atoms in total. The molecule has 0 aromatic heterocycles. The van der Waals surface area contributed by atoms with E-state index in [0.29, 0.717) is 0 Å². The second-order valence-electron chi connectivity index (χ2n) is 5.14. The molecule has 1 aromatic carbocycles. The molecule has 2 rings (SSSR count). The Morgan fingerprint density at radius 2 is 1.63 bits per heavy atom. The van der Waals surface area contributed by atoms with Crippen molar-refractivity contribution in [2.24, 2.45) is 4.99 Å². The highest BCUT2D eigenvalue weighted by atomic mass is 15.2. The van der Waals surface area contributed by atoms with E-state index in [1.165, 1.54) is 44.1 Å². The van der Waals surface area contributed by atoms with Gasteiger partial charge >= 0.3 is 0 Å². The fourth-order valence-electron chi connectivity index (χ4n) is 2.30. The number of hydrogen-bond donors (Lipinski definition) is 2. The van der Waals surface area contributed by atoms with E-state index in [1.807, 2.05) is 0 Å². The second-order valence-corrected chi connectivity index (χ2v) is 5.14. The molecule has 1 saturated heterocycles. The van der Waals surface area contributed by atoms with Crippen LogP contribution in [-0.2, 0) is 6.42 Å². The lowest BCUT2D eigenvalue weighted by atomic mass is 10.1. The van der Waals surface area contributed by atoms with Crippen LogP contribution in [0.3, 0.4) is 0 Å². The van der Waals surface area contributed by atoms with E-state index < -0.39 is 0 Å². The number of guanidine groups is 1. The third-order valence-corrected chi connectivity index (χ3v) is 3.46. The predicted molar refractivity (Wildman–Crippen MR) is 82.0 cm³/mol.